The number of nitrogens with two attached hydrogens (primary N) is 1. The summed E-state index contributed by atoms with van der Waals surface area (Å²) < 4.78 is 16.0. The van der Waals surface area contributed by atoms with Crippen molar-refractivity contribution in [3.8, 4) is 17.2 Å². The summed E-state index contributed by atoms with van der Waals surface area (Å²) in [5, 5.41) is 0. The molecular weight excluding hydrogens is 242 g/mol. The maximum absolute atomic E-state index is 6.22. The average Bonchev–Trinajstić information content (AvgIpc) is 2.36. The van der Waals surface area contributed by atoms with E-state index < -0.39 is 0 Å². The highest BCUT2D eigenvalue weighted by Gasteiger charge is 2.22. The maximum atomic E-state index is 6.22. The van der Waals surface area contributed by atoms with Crippen LogP contribution in [0.25, 0.3) is 0 Å². The van der Waals surface area contributed by atoms with Crippen LogP contribution in [0.5, 0.6) is 17.2 Å². The van der Waals surface area contributed by atoms with Crippen LogP contribution in [0.3, 0.4) is 0 Å². The summed E-state index contributed by atoms with van der Waals surface area (Å²) in [6.07, 6.45) is 0.764. The molecule has 1 aromatic rings. The molecule has 1 unspecified atom stereocenters. The van der Waals surface area contributed by atoms with Gasteiger partial charge in [-0.3, -0.25) is 0 Å². The number of hydrogen-bond acceptors (Lipinski definition) is 4. The molecule has 1 atom stereocenters. The van der Waals surface area contributed by atoms with E-state index in [2.05, 4.69) is 20.8 Å². The Morgan fingerprint density at radius 3 is 1.79 bits per heavy atom. The van der Waals surface area contributed by atoms with Crippen LogP contribution in [-0.2, 0) is 6.42 Å². The highest BCUT2D eigenvalue weighted by atomic mass is 16.5. The van der Waals surface area contributed by atoms with Gasteiger partial charge in [0.2, 0.25) is 5.75 Å². The Kier molecular flexibility index (Phi) is 5.06. The molecule has 0 aliphatic rings. The standard InChI is InChI=1S/C15H25NO3/c1-15(2,3)13(16)9-10-7-11(17-4)14(19-6)12(8-10)18-5/h7-8,13H,9,16H2,1-6H3. The lowest BCUT2D eigenvalue weighted by Crippen LogP contribution is -2.36. The molecule has 0 amide bonds. The van der Waals surface area contributed by atoms with E-state index in [0.717, 1.165) is 12.0 Å². The highest BCUT2D eigenvalue weighted by molar-refractivity contribution is 5.54. The number of benzene rings is 1. The van der Waals surface area contributed by atoms with E-state index in [1.807, 2.05) is 12.1 Å². The quantitative estimate of drug-likeness (QED) is 0.891. The molecular formula is C15H25NO3. The van der Waals surface area contributed by atoms with Crippen molar-refractivity contribution < 1.29 is 14.2 Å². The number of methoxy groups -OCH3 is 3. The first kappa shape index (κ1) is 15.6. The molecule has 4 nitrogen and oxygen atoms in total. The summed E-state index contributed by atoms with van der Waals surface area (Å²) in [6.45, 7) is 6.40. The third-order valence-corrected chi connectivity index (χ3v) is 3.29. The molecule has 1 rings (SSSR count). The van der Waals surface area contributed by atoms with E-state index >= 15 is 0 Å². The molecule has 0 spiro atoms. The summed E-state index contributed by atoms with van der Waals surface area (Å²) in [5.41, 5.74) is 7.36. The zero-order valence-electron chi connectivity index (χ0n) is 12.7. The van der Waals surface area contributed by atoms with Gasteiger partial charge in [0, 0.05) is 6.04 Å². The molecule has 0 heterocycles. The Bertz CT molecular complexity index is 399. The Morgan fingerprint density at radius 2 is 1.47 bits per heavy atom. The molecule has 0 aromatic heterocycles. The monoisotopic (exact) mass is 267 g/mol. The van der Waals surface area contributed by atoms with Gasteiger partial charge in [0.05, 0.1) is 21.3 Å². The summed E-state index contributed by atoms with van der Waals surface area (Å²) in [5.74, 6) is 1.94. The predicted molar refractivity (Wildman–Crippen MR) is 77.2 cm³/mol. The van der Waals surface area contributed by atoms with Crippen molar-refractivity contribution in [2.45, 2.75) is 33.2 Å². The second-order valence-electron chi connectivity index (χ2n) is 5.71. The molecule has 0 saturated carbocycles. The van der Waals surface area contributed by atoms with E-state index in [1.54, 1.807) is 21.3 Å². The van der Waals surface area contributed by atoms with Crippen LogP contribution < -0.4 is 19.9 Å². The number of rotatable bonds is 5. The summed E-state index contributed by atoms with van der Waals surface area (Å²) in [6, 6.07) is 3.97. The molecule has 0 aliphatic heterocycles. The van der Waals surface area contributed by atoms with Crippen LogP contribution in [-0.4, -0.2) is 27.4 Å². The summed E-state index contributed by atoms with van der Waals surface area (Å²) in [7, 11) is 4.83. The van der Waals surface area contributed by atoms with Gasteiger partial charge >= 0.3 is 0 Å². The molecule has 19 heavy (non-hydrogen) atoms. The van der Waals surface area contributed by atoms with Gasteiger partial charge in [0.1, 0.15) is 0 Å². The lowest BCUT2D eigenvalue weighted by molar-refractivity contribution is 0.312. The fraction of sp³-hybridized carbons (Fsp3) is 0.600. The second kappa shape index (κ2) is 6.15. The molecule has 4 heteroatoms. The van der Waals surface area contributed by atoms with Gasteiger partial charge in [-0.05, 0) is 29.5 Å². The predicted octanol–water partition coefficient (Wildman–Crippen LogP) is 2.63. The maximum Gasteiger partial charge on any atom is 0.203 e. The van der Waals surface area contributed by atoms with Crippen LogP contribution in [0.2, 0.25) is 0 Å². The second-order valence-corrected chi connectivity index (χ2v) is 5.71. The number of hydrogen-bond donors (Lipinski definition) is 1. The SMILES string of the molecule is COc1cc(CC(N)C(C)(C)C)cc(OC)c1OC. The minimum absolute atomic E-state index is 0.0560. The molecule has 108 valence electrons. The first-order chi connectivity index (χ1) is 8.83. The van der Waals surface area contributed by atoms with Gasteiger partial charge in [-0.15, -0.1) is 0 Å². The minimum atomic E-state index is 0.0560. The topological polar surface area (TPSA) is 53.7 Å². The van der Waals surface area contributed by atoms with Crippen molar-refractivity contribution in [3.05, 3.63) is 17.7 Å². The normalized spacial score (nSPS) is 13.0. The van der Waals surface area contributed by atoms with E-state index in [4.69, 9.17) is 19.9 Å². The van der Waals surface area contributed by atoms with E-state index in [0.29, 0.717) is 17.2 Å². The fourth-order valence-electron chi connectivity index (χ4n) is 1.81. The van der Waals surface area contributed by atoms with Gasteiger partial charge in [-0.25, -0.2) is 0 Å². The van der Waals surface area contributed by atoms with Gasteiger partial charge in [-0.1, -0.05) is 20.8 Å². The molecule has 0 saturated heterocycles. The zero-order chi connectivity index (χ0) is 14.6. The first-order valence-corrected chi connectivity index (χ1v) is 6.38. The smallest absolute Gasteiger partial charge is 0.203 e. The third-order valence-electron chi connectivity index (χ3n) is 3.29. The van der Waals surface area contributed by atoms with E-state index in [-0.39, 0.29) is 11.5 Å². The van der Waals surface area contributed by atoms with Gasteiger partial charge < -0.3 is 19.9 Å². The molecule has 0 bridgehead atoms. The van der Waals surface area contributed by atoms with Crippen LogP contribution in [0.1, 0.15) is 26.3 Å². The van der Waals surface area contributed by atoms with Crippen LogP contribution in [0.4, 0.5) is 0 Å². The minimum Gasteiger partial charge on any atom is -0.493 e. The van der Waals surface area contributed by atoms with Crippen molar-refractivity contribution in [1.82, 2.24) is 0 Å². The van der Waals surface area contributed by atoms with E-state index in [1.165, 1.54) is 0 Å². The van der Waals surface area contributed by atoms with Gasteiger partial charge in [-0.2, -0.15) is 0 Å². The molecule has 0 radical (unpaired) electrons. The van der Waals surface area contributed by atoms with Crippen molar-refractivity contribution in [2.75, 3.05) is 21.3 Å². The van der Waals surface area contributed by atoms with Gasteiger partial charge in [0.25, 0.3) is 0 Å². The largest absolute Gasteiger partial charge is 0.493 e. The van der Waals surface area contributed by atoms with Crippen LogP contribution in [0.15, 0.2) is 12.1 Å². The lowest BCUT2D eigenvalue weighted by atomic mass is 9.83. The van der Waals surface area contributed by atoms with E-state index in [9.17, 15) is 0 Å². The first-order valence-electron chi connectivity index (χ1n) is 6.38. The van der Waals surface area contributed by atoms with Crippen molar-refractivity contribution >= 4 is 0 Å². The van der Waals surface area contributed by atoms with Gasteiger partial charge in [0.15, 0.2) is 11.5 Å². The molecule has 0 aliphatic carbocycles. The Morgan fingerprint density at radius 1 is 1.00 bits per heavy atom. The summed E-state index contributed by atoms with van der Waals surface area (Å²) in [4.78, 5) is 0. The van der Waals surface area contributed by atoms with Crippen molar-refractivity contribution in [1.29, 1.82) is 0 Å². The van der Waals surface area contributed by atoms with Crippen molar-refractivity contribution in [2.24, 2.45) is 11.1 Å². The summed E-state index contributed by atoms with van der Waals surface area (Å²) >= 11 is 0. The zero-order valence-corrected chi connectivity index (χ0v) is 12.7. The fourth-order valence-corrected chi connectivity index (χ4v) is 1.81. The third kappa shape index (κ3) is 3.77. The lowest BCUT2D eigenvalue weighted by Gasteiger charge is -2.27. The number of ether oxygens (including phenoxy) is 3. The molecule has 0 fully saturated rings. The van der Waals surface area contributed by atoms with Crippen molar-refractivity contribution in [3.63, 3.8) is 0 Å². The average molecular weight is 267 g/mol. The van der Waals surface area contributed by atoms with Crippen LogP contribution >= 0.6 is 0 Å². The highest BCUT2D eigenvalue weighted by Crippen LogP contribution is 2.38. The Hall–Kier alpha value is -1.42. The Labute approximate surface area is 115 Å². The molecule has 1 aromatic carbocycles. The molecule has 2 N–H and O–H groups in total. The Balaban J connectivity index is 3.10. The van der Waals surface area contributed by atoms with Crippen LogP contribution in [0, 0.1) is 5.41 Å².